The normalized spacial score (nSPS) is 14.7. The van der Waals surface area contributed by atoms with Crippen molar-refractivity contribution in [2.24, 2.45) is 0 Å². The molecule has 0 saturated carbocycles. The van der Waals surface area contributed by atoms with Gasteiger partial charge in [-0.15, -0.1) is 0 Å². The highest BCUT2D eigenvalue weighted by molar-refractivity contribution is 5.89. The number of rotatable bonds is 5. The molecule has 0 amide bonds. The fraction of sp³-hybridized carbons (Fsp3) is 0.263. The summed E-state index contributed by atoms with van der Waals surface area (Å²) in [7, 11) is 0. The molecule has 1 unspecified atom stereocenters. The van der Waals surface area contributed by atoms with E-state index in [1.165, 1.54) is 5.56 Å². The number of para-hydroxylation sites is 1. The number of pyridine rings is 1. The van der Waals surface area contributed by atoms with Gasteiger partial charge in [0.05, 0.1) is 5.69 Å². The van der Waals surface area contributed by atoms with Crippen LogP contribution in [0.1, 0.15) is 35.0 Å². The SMILES string of the molecule is O=C(O)C(NCc1ccc2c(n1)CCC2)c1c[nH]c2ccccc12. The fourth-order valence-corrected chi connectivity index (χ4v) is 3.43. The van der Waals surface area contributed by atoms with E-state index in [0.717, 1.165) is 47.1 Å². The van der Waals surface area contributed by atoms with Crippen molar-refractivity contribution in [2.75, 3.05) is 0 Å². The van der Waals surface area contributed by atoms with Crippen molar-refractivity contribution in [1.82, 2.24) is 15.3 Å². The summed E-state index contributed by atoms with van der Waals surface area (Å²) in [6.07, 6.45) is 5.05. The minimum Gasteiger partial charge on any atom is -0.480 e. The Labute approximate surface area is 139 Å². The average molecular weight is 321 g/mol. The Morgan fingerprint density at radius 2 is 2.12 bits per heavy atom. The Hall–Kier alpha value is -2.66. The van der Waals surface area contributed by atoms with Gasteiger partial charge in [0, 0.05) is 34.9 Å². The minimum absolute atomic E-state index is 0.434. The van der Waals surface area contributed by atoms with Crippen molar-refractivity contribution in [3.63, 3.8) is 0 Å². The summed E-state index contributed by atoms with van der Waals surface area (Å²) in [5, 5.41) is 13.7. The number of nitrogens with zero attached hydrogens (tertiary/aromatic N) is 1. The molecule has 4 rings (SSSR count). The zero-order chi connectivity index (χ0) is 16.5. The van der Waals surface area contributed by atoms with Crippen molar-refractivity contribution in [1.29, 1.82) is 0 Å². The number of aromatic nitrogens is 2. The van der Waals surface area contributed by atoms with Gasteiger partial charge >= 0.3 is 5.97 Å². The molecule has 122 valence electrons. The molecule has 0 saturated heterocycles. The van der Waals surface area contributed by atoms with Crippen LogP contribution in [0.25, 0.3) is 10.9 Å². The second-order valence-corrected chi connectivity index (χ2v) is 6.20. The molecule has 0 spiro atoms. The molecule has 1 aromatic carbocycles. The van der Waals surface area contributed by atoms with Gasteiger partial charge in [-0.2, -0.15) is 0 Å². The first-order chi connectivity index (χ1) is 11.7. The summed E-state index contributed by atoms with van der Waals surface area (Å²) in [4.78, 5) is 19.6. The molecule has 5 heteroatoms. The largest absolute Gasteiger partial charge is 0.480 e. The van der Waals surface area contributed by atoms with E-state index in [0.29, 0.717) is 6.54 Å². The first kappa shape index (κ1) is 14.9. The molecule has 3 aromatic rings. The molecule has 2 heterocycles. The van der Waals surface area contributed by atoms with Crippen LogP contribution in [-0.4, -0.2) is 21.0 Å². The summed E-state index contributed by atoms with van der Waals surface area (Å²) in [5.41, 5.74) is 5.07. The monoisotopic (exact) mass is 321 g/mol. The number of aromatic amines is 1. The Morgan fingerprint density at radius 1 is 1.25 bits per heavy atom. The lowest BCUT2D eigenvalue weighted by Crippen LogP contribution is -2.28. The lowest BCUT2D eigenvalue weighted by Gasteiger charge is -2.14. The van der Waals surface area contributed by atoms with Crippen molar-refractivity contribution >= 4 is 16.9 Å². The highest BCUT2D eigenvalue weighted by Gasteiger charge is 2.23. The van der Waals surface area contributed by atoms with Gasteiger partial charge in [-0.1, -0.05) is 24.3 Å². The summed E-state index contributed by atoms with van der Waals surface area (Å²) in [5.74, 6) is -0.888. The van der Waals surface area contributed by atoms with Crippen LogP contribution in [0.4, 0.5) is 0 Å². The predicted octanol–water partition coefficient (Wildman–Crippen LogP) is 2.97. The topological polar surface area (TPSA) is 78.0 Å². The summed E-state index contributed by atoms with van der Waals surface area (Å²) in [6, 6.07) is 11.1. The van der Waals surface area contributed by atoms with E-state index < -0.39 is 12.0 Å². The van der Waals surface area contributed by atoms with Crippen molar-refractivity contribution < 1.29 is 9.90 Å². The fourth-order valence-electron chi connectivity index (χ4n) is 3.43. The third-order valence-electron chi connectivity index (χ3n) is 4.65. The maximum Gasteiger partial charge on any atom is 0.325 e. The number of hydrogen-bond donors (Lipinski definition) is 3. The molecular weight excluding hydrogens is 302 g/mol. The number of benzene rings is 1. The highest BCUT2D eigenvalue weighted by Crippen LogP contribution is 2.25. The van der Waals surface area contributed by atoms with E-state index in [2.05, 4.69) is 21.4 Å². The predicted molar refractivity (Wildman–Crippen MR) is 91.8 cm³/mol. The number of carboxylic acids is 1. The summed E-state index contributed by atoms with van der Waals surface area (Å²) in [6.45, 7) is 0.434. The molecule has 0 radical (unpaired) electrons. The van der Waals surface area contributed by atoms with E-state index >= 15 is 0 Å². The smallest absolute Gasteiger partial charge is 0.325 e. The number of hydrogen-bond acceptors (Lipinski definition) is 3. The van der Waals surface area contributed by atoms with Gasteiger partial charge in [0.15, 0.2) is 0 Å². The number of carbonyl (C=O) groups is 1. The zero-order valence-electron chi connectivity index (χ0n) is 13.2. The first-order valence-electron chi connectivity index (χ1n) is 8.22. The van der Waals surface area contributed by atoms with Gasteiger partial charge in [0.25, 0.3) is 0 Å². The summed E-state index contributed by atoms with van der Waals surface area (Å²) >= 11 is 0. The third-order valence-corrected chi connectivity index (χ3v) is 4.65. The number of H-pyrrole nitrogens is 1. The van der Waals surface area contributed by atoms with Crippen molar-refractivity contribution in [3.05, 3.63) is 65.1 Å². The number of aliphatic carboxylic acids is 1. The molecule has 0 aliphatic heterocycles. The lowest BCUT2D eigenvalue weighted by molar-refractivity contribution is -0.139. The van der Waals surface area contributed by atoms with Gasteiger partial charge in [-0.05, 0) is 37.0 Å². The molecule has 1 aliphatic carbocycles. The van der Waals surface area contributed by atoms with E-state index in [9.17, 15) is 9.90 Å². The minimum atomic E-state index is -0.888. The Bertz CT molecular complexity index is 901. The second-order valence-electron chi connectivity index (χ2n) is 6.20. The van der Waals surface area contributed by atoms with E-state index in [1.807, 2.05) is 30.3 Å². The zero-order valence-corrected chi connectivity index (χ0v) is 13.2. The molecule has 0 fully saturated rings. The standard InChI is InChI=1S/C19H19N3O2/c23-19(24)18(15-11-20-17-6-2-1-5-14(15)17)21-10-13-9-8-12-4-3-7-16(12)22-13/h1-2,5-6,8-9,11,18,20-21H,3-4,7,10H2,(H,23,24). The van der Waals surface area contributed by atoms with Gasteiger partial charge in [0.2, 0.25) is 0 Å². The van der Waals surface area contributed by atoms with Gasteiger partial charge in [-0.25, -0.2) is 0 Å². The molecule has 24 heavy (non-hydrogen) atoms. The molecule has 5 nitrogen and oxygen atoms in total. The van der Waals surface area contributed by atoms with Crippen LogP contribution in [0, 0.1) is 0 Å². The molecule has 1 atom stereocenters. The Morgan fingerprint density at radius 3 is 3.00 bits per heavy atom. The second kappa shape index (κ2) is 6.09. The van der Waals surface area contributed by atoms with Crippen LogP contribution in [-0.2, 0) is 24.2 Å². The Balaban J connectivity index is 1.57. The number of nitrogens with one attached hydrogen (secondary N) is 2. The molecule has 1 aliphatic rings. The number of aryl methyl sites for hydroxylation is 2. The third kappa shape index (κ3) is 2.67. The van der Waals surface area contributed by atoms with Gasteiger partial charge in [-0.3, -0.25) is 15.1 Å². The van der Waals surface area contributed by atoms with E-state index in [1.54, 1.807) is 6.20 Å². The van der Waals surface area contributed by atoms with E-state index in [4.69, 9.17) is 0 Å². The Kier molecular flexibility index (Phi) is 3.78. The van der Waals surface area contributed by atoms with Crippen LogP contribution in [0.5, 0.6) is 0 Å². The van der Waals surface area contributed by atoms with Crippen LogP contribution < -0.4 is 5.32 Å². The molecule has 3 N–H and O–H groups in total. The first-order valence-corrected chi connectivity index (χ1v) is 8.22. The van der Waals surface area contributed by atoms with Crippen LogP contribution in [0.2, 0.25) is 0 Å². The highest BCUT2D eigenvalue weighted by atomic mass is 16.4. The molecule has 2 aromatic heterocycles. The summed E-state index contributed by atoms with van der Waals surface area (Å²) < 4.78 is 0. The van der Waals surface area contributed by atoms with Crippen LogP contribution in [0.15, 0.2) is 42.6 Å². The molecular formula is C19H19N3O2. The quantitative estimate of drug-likeness (QED) is 0.675. The number of carboxylic acid groups (broad SMARTS) is 1. The van der Waals surface area contributed by atoms with Gasteiger partial charge < -0.3 is 10.1 Å². The average Bonchev–Trinajstić information content (AvgIpc) is 3.21. The lowest BCUT2D eigenvalue weighted by atomic mass is 10.1. The van der Waals surface area contributed by atoms with Gasteiger partial charge in [0.1, 0.15) is 6.04 Å². The van der Waals surface area contributed by atoms with Crippen molar-refractivity contribution in [2.45, 2.75) is 31.8 Å². The molecule has 0 bridgehead atoms. The van der Waals surface area contributed by atoms with Crippen LogP contribution in [0.3, 0.4) is 0 Å². The number of fused-ring (bicyclic) bond motifs is 2. The maximum atomic E-state index is 11.8. The van der Waals surface area contributed by atoms with E-state index in [-0.39, 0.29) is 0 Å². The van der Waals surface area contributed by atoms with Crippen LogP contribution >= 0.6 is 0 Å². The maximum absolute atomic E-state index is 11.8. The van der Waals surface area contributed by atoms with Crippen molar-refractivity contribution in [3.8, 4) is 0 Å².